The minimum absolute atomic E-state index is 0.0383. The van der Waals surface area contributed by atoms with Gasteiger partial charge in [-0.15, -0.1) is 0 Å². The van der Waals surface area contributed by atoms with Crippen molar-refractivity contribution >= 4 is 22.5 Å². The van der Waals surface area contributed by atoms with Crippen LogP contribution in [0.3, 0.4) is 0 Å². The van der Waals surface area contributed by atoms with Crippen LogP contribution in [0.5, 0.6) is 0 Å². The summed E-state index contributed by atoms with van der Waals surface area (Å²) in [7, 11) is 0. The molecular weight excluding hydrogens is 216 g/mol. The Hall–Kier alpha value is -1.94. The van der Waals surface area contributed by atoms with Crippen LogP contribution >= 0.6 is 0 Å². The van der Waals surface area contributed by atoms with E-state index in [1.807, 2.05) is 25.1 Å². The van der Waals surface area contributed by atoms with Gasteiger partial charge in [0.05, 0.1) is 12.1 Å². The Morgan fingerprint density at radius 2 is 2.18 bits per heavy atom. The van der Waals surface area contributed by atoms with Gasteiger partial charge in [0.1, 0.15) is 0 Å². The predicted molar refractivity (Wildman–Crippen MR) is 66.7 cm³/mol. The first-order chi connectivity index (χ1) is 8.10. The van der Waals surface area contributed by atoms with E-state index in [4.69, 9.17) is 0 Å². The Labute approximate surface area is 99.3 Å². The molecule has 2 aromatic rings. The predicted octanol–water partition coefficient (Wildman–Crippen LogP) is 1.99. The van der Waals surface area contributed by atoms with Gasteiger partial charge in [-0.05, 0) is 36.8 Å². The normalized spacial score (nSPS) is 10.5. The van der Waals surface area contributed by atoms with Crippen LogP contribution in [0.4, 0.5) is 5.69 Å². The zero-order valence-electron chi connectivity index (χ0n) is 9.82. The largest absolute Gasteiger partial charge is 0.392 e. The Bertz CT molecular complexity index is 579. The monoisotopic (exact) mass is 230 g/mol. The van der Waals surface area contributed by atoms with Crippen LogP contribution in [0.15, 0.2) is 24.3 Å². The molecule has 0 spiro atoms. The number of amides is 1. The Balaban J connectivity index is 2.59. The number of aliphatic hydroxyl groups excluding tert-OH is 1. The molecule has 2 rings (SSSR count). The third-order valence-corrected chi connectivity index (χ3v) is 2.51. The molecule has 1 heterocycles. The van der Waals surface area contributed by atoms with Crippen molar-refractivity contribution in [1.82, 2.24) is 4.98 Å². The lowest BCUT2D eigenvalue weighted by molar-refractivity contribution is -0.114. The first-order valence-corrected chi connectivity index (χ1v) is 5.39. The number of nitrogens with zero attached hydrogens (tertiary/aromatic N) is 1. The highest BCUT2D eigenvalue weighted by Crippen LogP contribution is 2.22. The number of aromatic nitrogens is 1. The number of hydrogen-bond acceptors (Lipinski definition) is 3. The molecule has 0 atom stereocenters. The summed E-state index contributed by atoms with van der Waals surface area (Å²) >= 11 is 0. The standard InChI is InChI=1S/C13H14N2O2/c1-8-5-10(7-16)12-6-11(15-9(2)17)3-4-13(12)14-8/h3-6,16H,7H2,1-2H3,(H,15,17). The van der Waals surface area contributed by atoms with E-state index < -0.39 is 0 Å². The maximum Gasteiger partial charge on any atom is 0.221 e. The summed E-state index contributed by atoms with van der Waals surface area (Å²) in [6.45, 7) is 3.31. The maximum atomic E-state index is 11.0. The number of hydrogen-bond donors (Lipinski definition) is 2. The molecule has 4 nitrogen and oxygen atoms in total. The van der Waals surface area contributed by atoms with E-state index >= 15 is 0 Å². The molecule has 2 N–H and O–H groups in total. The number of benzene rings is 1. The van der Waals surface area contributed by atoms with Crippen LogP contribution in [-0.4, -0.2) is 16.0 Å². The van der Waals surface area contributed by atoms with E-state index in [2.05, 4.69) is 10.3 Å². The Morgan fingerprint density at radius 1 is 1.41 bits per heavy atom. The first-order valence-electron chi connectivity index (χ1n) is 5.39. The number of rotatable bonds is 2. The smallest absolute Gasteiger partial charge is 0.221 e. The highest BCUT2D eigenvalue weighted by molar-refractivity contribution is 5.93. The number of pyridine rings is 1. The van der Waals surface area contributed by atoms with Crippen molar-refractivity contribution in [3.63, 3.8) is 0 Å². The van der Waals surface area contributed by atoms with Crippen LogP contribution in [0.2, 0.25) is 0 Å². The zero-order chi connectivity index (χ0) is 12.4. The molecule has 1 aromatic heterocycles. The van der Waals surface area contributed by atoms with Crippen molar-refractivity contribution in [2.75, 3.05) is 5.32 Å². The molecule has 0 aliphatic carbocycles. The molecule has 0 aliphatic rings. The van der Waals surface area contributed by atoms with Gasteiger partial charge in [-0.25, -0.2) is 0 Å². The van der Waals surface area contributed by atoms with Crippen LogP contribution in [-0.2, 0) is 11.4 Å². The van der Waals surface area contributed by atoms with Gasteiger partial charge in [0, 0.05) is 23.7 Å². The minimum Gasteiger partial charge on any atom is -0.392 e. The number of nitrogens with one attached hydrogen (secondary N) is 1. The highest BCUT2D eigenvalue weighted by Gasteiger charge is 2.05. The quantitative estimate of drug-likeness (QED) is 0.829. The fourth-order valence-electron chi connectivity index (χ4n) is 1.85. The molecular formula is C13H14N2O2. The molecule has 88 valence electrons. The Kier molecular flexibility index (Phi) is 3.06. The van der Waals surface area contributed by atoms with Crippen LogP contribution in [0.25, 0.3) is 10.9 Å². The summed E-state index contributed by atoms with van der Waals surface area (Å²) in [6, 6.07) is 7.32. The molecule has 0 radical (unpaired) electrons. The highest BCUT2D eigenvalue weighted by atomic mass is 16.3. The average molecular weight is 230 g/mol. The molecule has 1 amide bonds. The molecule has 0 unspecified atom stereocenters. The van der Waals surface area contributed by atoms with Crippen LogP contribution < -0.4 is 5.32 Å². The van der Waals surface area contributed by atoms with Gasteiger partial charge in [0.25, 0.3) is 0 Å². The first kappa shape index (κ1) is 11.5. The van der Waals surface area contributed by atoms with E-state index in [0.717, 1.165) is 22.2 Å². The summed E-state index contributed by atoms with van der Waals surface area (Å²) in [4.78, 5) is 15.4. The molecule has 4 heteroatoms. The number of anilines is 1. The molecule has 0 fully saturated rings. The lowest BCUT2D eigenvalue weighted by Gasteiger charge is -2.08. The van der Waals surface area contributed by atoms with E-state index in [9.17, 15) is 9.90 Å². The van der Waals surface area contributed by atoms with E-state index in [1.165, 1.54) is 6.92 Å². The molecule has 0 bridgehead atoms. The number of carbonyl (C=O) groups is 1. The fourth-order valence-corrected chi connectivity index (χ4v) is 1.85. The van der Waals surface area contributed by atoms with Crippen molar-refractivity contribution < 1.29 is 9.90 Å². The summed E-state index contributed by atoms with van der Waals surface area (Å²) in [5.41, 5.74) is 3.22. The molecule has 0 saturated carbocycles. The second-order valence-electron chi connectivity index (χ2n) is 3.99. The summed E-state index contributed by atoms with van der Waals surface area (Å²) in [6.07, 6.45) is 0. The molecule has 1 aromatic carbocycles. The number of aliphatic hydroxyl groups is 1. The summed E-state index contributed by atoms with van der Waals surface area (Å²) < 4.78 is 0. The Morgan fingerprint density at radius 3 is 2.82 bits per heavy atom. The lowest BCUT2D eigenvalue weighted by atomic mass is 10.1. The van der Waals surface area contributed by atoms with Crippen molar-refractivity contribution in [2.45, 2.75) is 20.5 Å². The molecule has 0 aliphatic heterocycles. The van der Waals surface area contributed by atoms with Crippen molar-refractivity contribution in [3.8, 4) is 0 Å². The second kappa shape index (κ2) is 4.51. The second-order valence-corrected chi connectivity index (χ2v) is 3.99. The third-order valence-electron chi connectivity index (χ3n) is 2.51. The van der Waals surface area contributed by atoms with Crippen molar-refractivity contribution in [2.24, 2.45) is 0 Å². The average Bonchev–Trinajstić information content (AvgIpc) is 2.27. The molecule has 0 saturated heterocycles. The fraction of sp³-hybridized carbons (Fsp3) is 0.231. The summed E-state index contributed by atoms with van der Waals surface area (Å²) in [5, 5.41) is 12.9. The van der Waals surface area contributed by atoms with Gasteiger partial charge in [0.15, 0.2) is 0 Å². The van der Waals surface area contributed by atoms with Gasteiger partial charge in [-0.1, -0.05) is 0 Å². The van der Waals surface area contributed by atoms with Gasteiger partial charge >= 0.3 is 0 Å². The third kappa shape index (κ3) is 2.42. The lowest BCUT2D eigenvalue weighted by Crippen LogP contribution is -2.05. The van der Waals surface area contributed by atoms with Crippen LogP contribution in [0, 0.1) is 6.92 Å². The van der Waals surface area contributed by atoms with Crippen molar-refractivity contribution in [3.05, 3.63) is 35.5 Å². The van der Waals surface area contributed by atoms with Crippen molar-refractivity contribution in [1.29, 1.82) is 0 Å². The van der Waals surface area contributed by atoms with Gasteiger partial charge in [0.2, 0.25) is 5.91 Å². The van der Waals surface area contributed by atoms with Gasteiger partial charge in [-0.2, -0.15) is 0 Å². The maximum absolute atomic E-state index is 11.0. The van der Waals surface area contributed by atoms with E-state index in [-0.39, 0.29) is 12.5 Å². The van der Waals surface area contributed by atoms with E-state index in [0.29, 0.717) is 5.69 Å². The topological polar surface area (TPSA) is 62.2 Å². The van der Waals surface area contributed by atoms with Crippen LogP contribution in [0.1, 0.15) is 18.2 Å². The summed E-state index contributed by atoms with van der Waals surface area (Å²) in [5.74, 6) is -0.116. The van der Waals surface area contributed by atoms with E-state index in [1.54, 1.807) is 6.07 Å². The zero-order valence-corrected chi connectivity index (χ0v) is 9.82. The number of aryl methyl sites for hydroxylation is 1. The molecule has 17 heavy (non-hydrogen) atoms. The number of fused-ring (bicyclic) bond motifs is 1. The SMILES string of the molecule is CC(=O)Nc1ccc2nc(C)cc(CO)c2c1. The minimum atomic E-state index is -0.116. The number of carbonyl (C=O) groups excluding carboxylic acids is 1. The van der Waals surface area contributed by atoms with Gasteiger partial charge < -0.3 is 10.4 Å². The van der Waals surface area contributed by atoms with Gasteiger partial charge in [-0.3, -0.25) is 9.78 Å².